The topological polar surface area (TPSA) is 66.8 Å². The number of hydrogen-bond acceptors (Lipinski definition) is 3. The normalized spacial score (nSPS) is 22.0. The first-order valence-corrected chi connectivity index (χ1v) is 8.01. The fraction of sp³-hybridized carbons (Fsp3) is 0.556. The summed E-state index contributed by atoms with van der Waals surface area (Å²) in [4.78, 5) is 25.2. The number of ether oxygens (including phenoxy) is 1. The van der Waals surface area contributed by atoms with Crippen LogP contribution in [0.3, 0.4) is 0 Å². The third-order valence-corrected chi connectivity index (χ3v) is 4.41. The summed E-state index contributed by atoms with van der Waals surface area (Å²) in [6, 6.07) is 10.1. The van der Waals surface area contributed by atoms with Gasteiger partial charge in [-0.15, -0.1) is 0 Å². The second-order valence-corrected chi connectivity index (χ2v) is 6.82. The molecular weight excluding hydrogens is 294 g/mol. The van der Waals surface area contributed by atoms with Gasteiger partial charge in [0.2, 0.25) is 5.91 Å². The summed E-state index contributed by atoms with van der Waals surface area (Å²) in [6.45, 7) is 6.62. The lowest BCUT2D eigenvalue weighted by molar-refractivity contribution is -0.166. The Labute approximate surface area is 137 Å². The van der Waals surface area contributed by atoms with Crippen molar-refractivity contribution in [3.63, 3.8) is 0 Å². The van der Waals surface area contributed by atoms with Gasteiger partial charge in [0.1, 0.15) is 0 Å². The van der Waals surface area contributed by atoms with E-state index in [-0.39, 0.29) is 24.0 Å². The van der Waals surface area contributed by atoms with E-state index in [4.69, 9.17) is 9.84 Å². The van der Waals surface area contributed by atoms with Crippen molar-refractivity contribution in [1.82, 2.24) is 4.90 Å². The standard InChI is InChI=1S/C18H25NO4/c1-13-11-19(12-15(23-13)17(21)22)16(20)9-10-18(2,3)14-7-5-4-6-8-14/h4-8,13,15H,9-12H2,1-3H3,(H,21,22)/t13-,15?/m1/s1. The minimum atomic E-state index is -1.01. The Balaban J connectivity index is 1.95. The number of benzene rings is 1. The molecule has 1 amide bonds. The van der Waals surface area contributed by atoms with Crippen LogP contribution >= 0.6 is 0 Å². The largest absolute Gasteiger partial charge is 0.479 e. The molecule has 5 heteroatoms. The summed E-state index contributed by atoms with van der Waals surface area (Å²) in [6.07, 6.45) is -0.0546. The molecule has 0 spiro atoms. The maximum atomic E-state index is 12.5. The third kappa shape index (κ3) is 4.55. The number of carboxylic acid groups (broad SMARTS) is 1. The second-order valence-electron chi connectivity index (χ2n) is 6.82. The zero-order valence-corrected chi connectivity index (χ0v) is 14.0. The van der Waals surface area contributed by atoms with Gasteiger partial charge in [-0.2, -0.15) is 0 Å². The van der Waals surface area contributed by atoms with Gasteiger partial charge in [-0.3, -0.25) is 4.79 Å². The monoisotopic (exact) mass is 319 g/mol. The lowest BCUT2D eigenvalue weighted by atomic mass is 9.80. The van der Waals surface area contributed by atoms with Crippen molar-refractivity contribution in [2.45, 2.75) is 51.2 Å². The van der Waals surface area contributed by atoms with Crippen LogP contribution in [0.1, 0.15) is 39.2 Å². The summed E-state index contributed by atoms with van der Waals surface area (Å²) in [5.41, 5.74) is 1.10. The molecule has 1 heterocycles. The highest BCUT2D eigenvalue weighted by Gasteiger charge is 2.33. The molecule has 0 aromatic heterocycles. The number of carbonyl (C=O) groups excluding carboxylic acids is 1. The molecular formula is C18H25NO4. The first-order valence-electron chi connectivity index (χ1n) is 8.01. The summed E-state index contributed by atoms with van der Waals surface area (Å²) >= 11 is 0. The molecule has 1 N–H and O–H groups in total. The van der Waals surface area contributed by atoms with E-state index in [9.17, 15) is 9.59 Å². The number of rotatable bonds is 5. The summed E-state index contributed by atoms with van der Waals surface area (Å²) in [5, 5.41) is 9.10. The molecule has 1 aliphatic heterocycles. The van der Waals surface area contributed by atoms with Crippen molar-refractivity contribution in [3.8, 4) is 0 Å². The van der Waals surface area contributed by atoms with Gasteiger partial charge in [0, 0.05) is 13.0 Å². The molecule has 1 unspecified atom stereocenters. The molecule has 1 aromatic rings. The van der Waals surface area contributed by atoms with Gasteiger partial charge in [0.15, 0.2) is 6.10 Å². The van der Waals surface area contributed by atoms with E-state index in [2.05, 4.69) is 26.0 Å². The van der Waals surface area contributed by atoms with Crippen molar-refractivity contribution in [3.05, 3.63) is 35.9 Å². The first-order chi connectivity index (χ1) is 10.8. The average molecular weight is 319 g/mol. The maximum Gasteiger partial charge on any atom is 0.334 e. The van der Waals surface area contributed by atoms with Crippen LogP contribution in [0.5, 0.6) is 0 Å². The smallest absolute Gasteiger partial charge is 0.334 e. The summed E-state index contributed by atoms with van der Waals surface area (Å²) in [5.74, 6) is -1.02. The predicted molar refractivity (Wildman–Crippen MR) is 87.3 cm³/mol. The third-order valence-electron chi connectivity index (χ3n) is 4.41. The predicted octanol–water partition coefficient (Wildman–Crippen LogP) is 2.44. The lowest BCUT2D eigenvalue weighted by Crippen LogP contribution is -2.51. The Kier molecular flexibility index (Phi) is 5.42. The summed E-state index contributed by atoms with van der Waals surface area (Å²) < 4.78 is 5.35. The minimum Gasteiger partial charge on any atom is -0.479 e. The molecule has 2 atom stereocenters. The molecule has 0 radical (unpaired) electrons. The molecule has 23 heavy (non-hydrogen) atoms. The summed E-state index contributed by atoms with van der Waals surface area (Å²) in [7, 11) is 0. The van der Waals surface area contributed by atoms with Gasteiger partial charge in [-0.05, 0) is 24.3 Å². The minimum absolute atomic E-state index is 0.00425. The van der Waals surface area contributed by atoms with Crippen molar-refractivity contribution in [2.24, 2.45) is 0 Å². The Hall–Kier alpha value is -1.88. The average Bonchev–Trinajstić information content (AvgIpc) is 2.53. The van der Waals surface area contributed by atoms with Crippen LogP contribution in [0.25, 0.3) is 0 Å². The Bertz CT molecular complexity index is 555. The van der Waals surface area contributed by atoms with E-state index < -0.39 is 12.1 Å². The molecule has 1 saturated heterocycles. The van der Waals surface area contributed by atoms with E-state index in [0.29, 0.717) is 13.0 Å². The number of hydrogen-bond donors (Lipinski definition) is 1. The van der Waals surface area contributed by atoms with E-state index in [0.717, 1.165) is 6.42 Å². The maximum absolute atomic E-state index is 12.5. The molecule has 1 aliphatic rings. The van der Waals surface area contributed by atoms with Crippen LogP contribution in [0.2, 0.25) is 0 Å². The lowest BCUT2D eigenvalue weighted by Gasteiger charge is -2.35. The fourth-order valence-electron chi connectivity index (χ4n) is 2.90. The number of aliphatic carboxylic acids is 1. The fourth-order valence-corrected chi connectivity index (χ4v) is 2.90. The van der Waals surface area contributed by atoms with E-state index >= 15 is 0 Å². The molecule has 1 fully saturated rings. The number of carboxylic acids is 1. The highest BCUT2D eigenvalue weighted by molar-refractivity contribution is 5.78. The second kappa shape index (κ2) is 7.13. The zero-order valence-electron chi connectivity index (χ0n) is 14.0. The van der Waals surface area contributed by atoms with Crippen LogP contribution < -0.4 is 0 Å². The van der Waals surface area contributed by atoms with Gasteiger partial charge < -0.3 is 14.7 Å². The van der Waals surface area contributed by atoms with Crippen LogP contribution in [-0.4, -0.2) is 47.2 Å². The van der Waals surface area contributed by atoms with Gasteiger partial charge in [-0.25, -0.2) is 4.79 Å². The number of morpholine rings is 1. The first kappa shape index (κ1) is 17.5. The van der Waals surface area contributed by atoms with Crippen LogP contribution in [0.15, 0.2) is 30.3 Å². The molecule has 1 aromatic carbocycles. The van der Waals surface area contributed by atoms with Crippen molar-refractivity contribution >= 4 is 11.9 Å². The number of nitrogens with zero attached hydrogens (tertiary/aromatic N) is 1. The molecule has 5 nitrogen and oxygen atoms in total. The highest BCUT2D eigenvalue weighted by atomic mass is 16.5. The van der Waals surface area contributed by atoms with Crippen molar-refractivity contribution in [1.29, 1.82) is 0 Å². The van der Waals surface area contributed by atoms with Crippen molar-refractivity contribution < 1.29 is 19.4 Å². The molecule has 2 rings (SSSR count). The zero-order chi connectivity index (χ0) is 17.0. The molecule has 0 bridgehead atoms. The van der Waals surface area contributed by atoms with E-state index in [1.54, 1.807) is 11.8 Å². The molecule has 0 aliphatic carbocycles. The number of carbonyl (C=O) groups is 2. The Morgan fingerprint density at radius 1 is 1.26 bits per heavy atom. The van der Waals surface area contributed by atoms with Crippen LogP contribution in [-0.2, 0) is 19.7 Å². The highest BCUT2D eigenvalue weighted by Crippen LogP contribution is 2.28. The molecule has 0 saturated carbocycles. The van der Waals surface area contributed by atoms with Crippen LogP contribution in [0, 0.1) is 0 Å². The van der Waals surface area contributed by atoms with Gasteiger partial charge in [0.05, 0.1) is 12.6 Å². The Morgan fingerprint density at radius 2 is 1.91 bits per heavy atom. The quantitative estimate of drug-likeness (QED) is 0.905. The van der Waals surface area contributed by atoms with Crippen molar-refractivity contribution in [2.75, 3.05) is 13.1 Å². The van der Waals surface area contributed by atoms with E-state index in [1.165, 1.54) is 5.56 Å². The van der Waals surface area contributed by atoms with Gasteiger partial charge in [-0.1, -0.05) is 44.2 Å². The molecule has 126 valence electrons. The van der Waals surface area contributed by atoms with Crippen LogP contribution in [0.4, 0.5) is 0 Å². The van der Waals surface area contributed by atoms with Gasteiger partial charge >= 0.3 is 5.97 Å². The SMILES string of the molecule is C[C@@H]1CN(C(=O)CCC(C)(C)c2ccccc2)CC(C(=O)O)O1. The van der Waals surface area contributed by atoms with Gasteiger partial charge in [0.25, 0.3) is 0 Å². The van der Waals surface area contributed by atoms with E-state index in [1.807, 2.05) is 18.2 Å². The Morgan fingerprint density at radius 3 is 2.52 bits per heavy atom. The number of amides is 1.